The lowest BCUT2D eigenvalue weighted by Gasteiger charge is -2.17. The third kappa shape index (κ3) is 2.85. The molecule has 0 aliphatic rings. The lowest BCUT2D eigenvalue weighted by atomic mass is 10.2. The molecule has 0 saturated heterocycles. The van der Waals surface area contributed by atoms with Crippen LogP contribution in [0.5, 0.6) is 5.75 Å². The molecule has 0 spiro atoms. The predicted molar refractivity (Wildman–Crippen MR) is 70.8 cm³/mol. The first kappa shape index (κ1) is 13.8. The number of methoxy groups -OCH3 is 1. The van der Waals surface area contributed by atoms with E-state index < -0.39 is 4.92 Å². The molecular weight excluding hydrogens is 264 g/mol. The van der Waals surface area contributed by atoms with Crippen molar-refractivity contribution in [2.24, 2.45) is 0 Å². The van der Waals surface area contributed by atoms with Gasteiger partial charge in [0.1, 0.15) is 0 Å². The zero-order valence-corrected chi connectivity index (χ0v) is 11.4. The molecule has 2 rings (SSSR count). The summed E-state index contributed by atoms with van der Waals surface area (Å²) in [5, 5.41) is 14.6. The number of rotatable bonds is 5. The van der Waals surface area contributed by atoms with Gasteiger partial charge in [-0.05, 0) is 6.07 Å². The maximum Gasteiger partial charge on any atom is 0.311 e. The third-order valence-corrected chi connectivity index (χ3v) is 2.75. The third-order valence-electron chi connectivity index (χ3n) is 2.75. The molecule has 0 bridgehead atoms. The lowest BCUT2D eigenvalue weighted by molar-refractivity contribution is -0.385. The van der Waals surface area contributed by atoms with Crippen molar-refractivity contribution in [3.63, 3.8) is 0 Å². The van der Waals surface area contributed by atoms with E-state index in [0.29, 0.717) is 18.3 Å². The summed E-state index contributed by atoms with van der Waals surface area (Å²) >= 11 is 0. The number of benzene rings is 1. The predicted octanol–water partition coefficient (Wildman–Crippen LogP) is 1.93. The van der Waals surface area contributed by atoms with Gasteiger partial charge in [0.05, 0.1) is 18.6 Å². The summed E-state index contributed by atoms with van der Waals surface area (Å²) in [6.45, 7) is 2.14. The van der Waals surface area contributed by atoms with Gasteiger partial charge in [-0.15, -0.1) is 0 Å². The molecule has 0 N–H and O–H groups in total. The average Bonchev–Trinajstić information content (AvgIpc) is 2.83. The summed E-state index contributed by atoms with van der Waals surface area (Å²) in [6, 6.07) is 4.66. The van der Waals surface area contributed by atoms with E-state index in [0.717, 1.165) is 5.69 Å². The lowest BCUT2D eigenvalue weighted by Crippen LogP contribution is -2.17. The Kier molecular flexibility index (Phi) is 3.83. The normalized spacial score (nSPS) is 10.3. The fourth-order valence-electron chi connectivity index (χ4n) is 1.76. The van der Waals surface area contributed by atoms with Gasteiger partial charge in [-0.25, -0.2) is 0 Å². The molecule has 2 aromatic rings. The SMILES string of the molecule is COc1cc(N(C)Cc2noc(C)n2)ccc1[N+](=O)[O-]. The van der Waals surface area contributed by atoms with Crippen molar-refractivity contribution in [3.8, 4) is 5.75 Å². The molecule has 0 radical (unpaired) electrons. The van der Waals surface area contributed by atoms with Crippen molar-refractivity contribution < 1.29 is 14.2 Å². The van der Waals surface area contributed by atoms with Gasteiger partial charge in [-0.2, -0.15) is 4.98 Å². The summed E-state index contributed by atoms with van der Waals surface area (Å²) in [7, 11) is 3.22. The molecule has 0 aliphatic carbocycles. The van der Waals surface area contributed by atoms with Gasteiger partial charge in [0.15, 0.2) is 11.6 Å². The molecule has 0 saturated carbocycles. The molecule has 1 aromatic carbocycles. The molecule has 0 fully saturated rings. The van der Waals surface area contributed by atoms with Crippen LogP contribution in [0.15, 0.2) is 22.7 Å². The maximum absolute atomic E-state index is 10.8. The average molecular weight is 278 g/mol. The van der Waals surface area contributed by atoms with E-state index in [-0.39, 0.29) is 11.4 Å². The van der Waals surface area contributed by atoms with E-state index in [1.54, 1.807) is 19.1 Å². The molecule has 1 aromatic heterocycles. The second-order valence-corrected chi connectivity index (χ2v) is 4.20. The van der Waals surface area contributed by atoms with Gasteiger partial charge in [0, 0.05) is 31.8 Å². The molecule has 0 atom stereocenters. The number of nitro groups is 1. The standard InChI is InChI=1S/C12H14N4O4/c1-8-13-12(14-20-8)7-15(2)9-4-5-10(16(17)18)11(6-9)19-3/h4-6H,7H2,1-3H3. The van der Waals surface area contributed by atoms with E-state index >= 15 is 0 Å². The molecule has 0 unspecified atom stereocenters. The van der Waals surface area contributed by atoms with Crippen LogP contribution in [0.2, 0.25) is 0 Å². The fourth-order valence-corrected chi connectivity index (χ4v) is 1.76. The Hall–Kier alpha value is -2.64. The zero-order chi connectivity index (χ0) is 14.7. The van der Waals surface area contributed by atoms with Crippen molar-refractivity contribution in [1.29, 1.82) is 0 Å². The molecule has 0 aliphatic heterocycles. The first-order valence-electron chi connectivity index (χ1n) is 5.84. The van der Waals surface area contributed by atoms with Gasteiger partial charge in [0.2, 0.25) is 5.89 Å². The Morgan fingerprint density at radius 2 is 2.25 bits per heavy atom. The van der Waals surface area contributed by atoms with Crippen molar-refractivity contribution in [3.05, 3.63) is 40.0 Å². The number of anilines is 1. The minimum absolute atomic E-state index is 0.0694. The molecule has 8 heteroatoms. The van der Waals surface area contributed by atoms with E-state index in [2.05, 4.69) is 10.1 Å². The quantitative estimate of drug-likeness (QED) is 0.609. The smallest absolute Gasteiger partial charge is 0.311 e. The summed E-state index contributed by atoms with van der Waals surface area (Å²) in [5.41, 5.74) is 0.690. The van der Waals surface area contributed by atoms with Gasteiger partial charge < -0.3 is 14.2 Å². The molecular formula is C12H14N4O4. The van der Waals surface area contributed by atoms with Crippen LogP contribution >= 0.6 is 0 Å². The number of nitro benzene ring substituents is 1. The van der Waals surface area contributed by atoms with Crippen molar-refractivity contribution in [2.75, 3.05) is 19.1 Å². The summed E-state index contributed by atoms with van der Waals surface area (Å²) in [4.78, 5) is 16.3. The Labute approximate surface area is 115 Å². The minimum atomic E-state index is -0.481. The van der Waals surface area contributed by atoms with Crippen LogP contribution in [-0.2, 0) is 6.54 Å². The number of aromatic nitrogens is 2. The highest BCUT2D eigenvalue weighted by molar-refractivity contribution is 5.58. The van der Waals surface area contributed by atoms with Gasteiger partial charge >= 0.3 is 5.69 Å². The van der Waals surface area contributed by atoms with Crippen LogP contribution in [0.3, 0.4) is 0 Å². The highest BCUT2D eigenvalue weighted by Crippen LogP contribution is 2.31. The molecule has 20 heavy (non-hydrogen) atoms. The number of hydrogen-bond acceptors (Lipinski definition) is 7. The molecule has 106 valence electrons. The molecule has 1 heterocycles. The summed E-state index contributed by atoms with van der Waals surface area (Å²) < 4.78 is 9.93. The Morgan fingerprint density at radius 3 is 2.80 bits per heavy atom. The summed E-state index contributed by atoms with van der Waals surface area (Å²) in [6.07, 6.45) is 0. The first-order valence-corrected chi connectivity index (χ1v) is 5.84. The van der Waals surface area contributed by atoms with Crippen molar-refractivity contribution in [1.82, 2.24) is 10.1 Å². The Morgan fingerprint density at radius 1 is 1.50 bits per heavy atom. The van der Waals surface area contributed by atoms with Crippen LogP contribution in [0.25, 0.3) is 0 Å². The Balaban J connectivity index is 2.21. The topological polar surface area (TPSA) is 94.5 Å². The van der Waals surface area contributed by atoms with Gasteiger partial charge in [-0.1, -0.05) is 5.16 Å². The van der Waals surface area contributed by atoms with Crippen LogP contribution in [0.1, 0.15) is 11.7 Å². The maximum atomic E-state index is 10.8. The number of hydrogen-bond donors (Lipinski definition) is 0. The van der Waals surface area contributed by atoms with Crippen LogP contribution in [0.4, 0.5) is 11.4 Å². The monoisotopic (exact) mass is 278 g/mol. The Bertz CT molecular complexity index is 626. The first-order chi connectivity index (χ1) is 9.51. The van der Waals surface area contributed by atoms with E-state index in [1.807, 2.05) is 11.9 Å². The molecule has 0 amide bonds. The van der Waals surface area contributed by atoms with Crippen LogP contribution < -0.4 is 9.64 Å². The largest absolute Gasteiger partial charge is 0.490 e. The minimum Gasteiger partial charge on any atom is -0.490 e. The van der Waals surface area contributed by atoms with Crippen LogP contribution in [-0.4, -0.2) is 29.2 Å². The van der Waals surface area contributed by atoms with E-state index in [9.17, 15) is 10.1 Å². The van der Waals surface area contributed by atoms with Gasteiger partial charge in [0.25, 0.3) is 0 Å². The fraction of sp³-hybridized carbons (Fsp3) is 0.333. The van der Waals surface area contributed by atoms with E-state index in [4.69, 9.17) is 9.26 Å². The summed E-state index contributed by atoms with van der Waals surface area (Å²) in [5.74, 6) is 1.25. The van der Waals surface area contributed by atoms with E-state index in [1.165, 1.54) is 13.2 Å². The van der Waals surface area contributed by atoms with Crippen LogP contribution in [0, 0.1) is 17.0 Å². The van der Waals surface area contributed by atoms with Crippen molar-refractivity contribution >= 4 is 11.4 Å². The number of ether oxygens (including phenoxy) is 1. The number of nitrogens with zero attached hydrogens (tertiary/aromatic N) is 4. The second kappa shape index (κ2) is 5.55. The highest BCUT2D eigenvalue weighted by atomic mass is 16.6. The second-order valence-electron chi connectivity index (χ2n) is 4.20. The molecule has 8 nitrogen and oxygen atoms in total. The highest BCUT2D eigenvalue weighted by Gasteiger charge is 2.16. The zero-order valence-electron chi connectivity index (χ0n) is 11.4. The van der Waals surface area contributed by atoms with Crippen molar-refractivity contribution in [2.45, 2.75) is 13.5 Å². The van der Waals surface area contributed by atoms with Gasteiger partial charge in [-0.3, -0.25) is 10.1 Å². The number of aryl methyl sites for hydroxylation is 1.